The number of ether oxygens (including phenoxy) is 2. The lowest BCUT2D eigenvalue weighted by molar-refractivity contribution is -0.156. The minimum absolute atomic E-state index is 0.119. The minimum atomic E-state index is -0.817. The molecule has 0 spiro atoms. The molecule has 2 rings (SSSR count). The van der Waals surface area contributed by atoms with E-state index < -0.39 is 5.60 Å². The van der Waals surface area contributed by atoms with Crippen LogP contribution < -0.4 is 0 Å². The monoisotopic (exact) mass is 290 g/mol. The van der Waals surface area contributed by atoms with Gasteiger partial charge in [0, 0.05) is 12.8 Å². The molecule has 1 aliphatic rings. The second-order valence-electron chi connectivity index (χ2n) is 5.47. The van der Waals surface area contributed by atoms with E-state index in [-0.39, 0.29) is 18.2 Å². The van der Waals surface area contributed by atoms with Gasteiger partial charge in [0.15, 0.2) is 5.78 Å². The minimum Gasteiger partial charge on any atom is -0.469 e. The highest BCUT2D eigenvalue weighted by molar-refractivity contribution is 5.88. The average Bonchev–Trinajstić information content (AvgIpc) is 2.54. The fourth-order valence-electron chi connectivity index (χ4n) is 2.75. The van der Waals surface area contributed by atoms with Crippen LogP contribution in [-0.2, 0) is 25.7 Å². The predicted molar refractivity (Wildman–Crippen MR) is 78.7 cm³/mol. The van der Waals surface area contributed by atoms with Gasteiger partial charge in [0.05, 0.1) is 13.7 Å². The number of benzene rings is 1. The van der Waals surface area contributed by atoms with E-state index in [1.165, 1.54) is 7.11 Å². The van der Waals surface area contributed by atoms with Crippen molar-refractivity contribution in [2.24, 2.45) is 0 Å². The number of methoxy groups -OCH3 is 1. The number of hydrogen-bond acceptors (Lipinski definition) is 4. The Kier molecular flexibility index (Phi) is 5.51. The first-order chi connectivity index (χ1) is 10.2. The van der Waals surface area contributed by atoms with Gasteiger partial charge in [-0.25, -0.2) is 0 Å². The molecule has 4 nitrogen and oxygen atoms in total. The van der Waals surface area contributed by atoms with E-state index in [1.807, 2.05) is 30.3 Å². The van der Waals surface area contributed by atoms with Crippen molar-refractivity contribution in [3.63, 3.8) is 0 Å². The zero-order chi connectivity index (χ0) is 15.1. The van der Waals surface area contributed by atoms with Gasteiger partial charge in [-0.2, -0.15) is 0 Å². The molecule has 0 aromatic heterocycles. The summed E-state index contributed by atoms with van der Waals surface area (Å²) in [6.07, 6.45) is 3.73. The molecule has 0 radical (unpaired) electrons. The SMILES string of the molecule is COC(=O)CCC1(OCc2ccccc2)CCCCC1=O. The van der Waals surface area contributed by atoms with Gasteiger partial charge in [-0.15, -0.1) is 0 Å². The van der Waals surface area contributed by atoms with Gasteiger partial charge in [-0.05, 0) is 31.2 Å². The molecule has 1 aromatic rings. The van der Waals surface area contributed by atoms with Crippen molar-refractivity contribution < 1.29 is 19.1 Å². The first kappa shape index (κ1) is 15.7. The molecule has 0 aliphatic heterocycles. The van der Waals surface area contributed by atoms with E-state index in [1.54, 1.807) is 0 Å². The van der Waals surface area contributed by atoms with Gasteiger partial charge in [0.1, 0.15) is 5.60 Å². The third-order valence-corrected chi connectivity index (χ3v) is 4.06. The topological polar surface area (TPSA) is 52.6 Å². The Balaban J connectivity index is 2.04. The molecule has 21 heavy (non-hydrogen) atoms. The second-order valence-corrected chi connectivity index (χ2v) is 5.47. The number of carbonyl (C=O) groups is 2. The lowest BCUT2D eigenvalue weighted by atomic mass is 9.80. The fraction of sp³-hybridized carbons (Fsp3) is 0.529. The van der Waals surface area contributed by atoms with Crippen LogP contribution in [0, 0.1) is 0 Å². The molecule has 0 N–H and O–H groups in total. The number of ketones is 1. The molecule has 1 unspecified atom stereocenters. The molecule has 1 fully saturated rings. The Morgan fingerprint density at radius 1 is 1.24 bits per heavy atom. The van der Waals surface area contributed by atoms with Crippen molar-refractivity contribution in [1.29, 1.82) is 0 Å². The largest absolute Gasteiger partial charge is 0.469 e. The van der Waals surface area contributed by atoms with Gasteiger partial charge >= 0.3 is 5.97 Å². The van der Waals surface area contributed by atoms with Crippen molar-refractivity contribution in [2.45, 2.75) is 50.7 Å². The lowest BCUT2D eigenvalue weighted by Crippen LogP contribution is -2.44. The molecule has 4 heteroatoms. The number of hydrogen-bond donors (Lipinski definition) is 0. The van der Waals surface area contributed by atoms with Crippen molar-refractivity contribution in [2.75, 3.05) is 7.11 Å². The van der Waals surface area contributed by atoms with Crippen LogP contribution in [0.4, 0.5) is 0 Å². The van der Waals surface area contributed by atoms with E-state index in [0.717, 1.165) is 18.4 Å². The maximum atomic E-state index is 12.4. The van der Waals surface area contributed by atoms with Crippen LogP contribution in [0.3, 0.4) is 0 Å². The molecule has 1 saturated carbocycles. The molecule has 0 saturated heterocycles. The summed E-state index contributed by atoms with van der Waals surface area (Å²) < 4.78 is 10.7. The van der Waals surface area contributed by atoms with Crippen molar-refractivity contribution >= 4 is 11.8 Å². The first-order valence-corrected chi connectivity index (χ1v) is 7.44. The van der Waals surface area contributed by atoms with Gasteiger partial charge in [0.2, 0.25) is 0 Å². The number of Topliss-reactive ketones (excluding diaryl/α,β-unsaturated/α-hetero) is 1. The lowest BCUT2D eigenvalue weighted by Gasteiger charge is -2.35. The second kappa shape index (κ2) is 7.36. The van der Waals surface area contributed by atoms with Gasteiger partial charge in [-0.3, -0.25) is 9.59 Å². The summed E-state index contributed by atoms with van der Waals surface area (Å²) >= 11 is 0. The predicted octanol–water partition coefficient (Wildman–Crippen LogP) is 3.04. The molecule has 114 valence electrons. The summed E-state index contributed by atoms with van der Waals surface area (Å²) in [5.74, 6) is -0.176. The summed E-state index contributed by atoms with van der Waals surface area (Å²) in [7, 11) is 1.36. The van der Waals surface area contributed by atoms with Crippen LogP contribution in [0.15, 0.2) is 30.3 Å². The van der Waals surface area contributed by atoms with E-state index in [4.69, 9.17) is 4.74 Å². The Morgan fingerprint density at radius 3 is 2.67 bits per heavy atom. The van der Waals surface area contributed by atoms with Crippen molar-refractivity contribution in [1.82, 2.24) is 0 Å². The van der Waals surface area contributed by atoms with Gasteiger partial charge in [-0.1, -0.05) is 30.3 Å². The zero-order valence-corrected chi connectivity index (χ0v) is 12.5. The standard InChI is InChI=1S/C17H22O4/c1-20-16(19)10-12-17(11-6-5-9-15(17)18)21-13-14-7-3-2-4-8-14/h2-4,7-8H,5-6,9-13H2,1H3. The van der Waals surface area contributed by atoms with E-state index in [2.05, 4.69) is 4.74 Å². The molecular weight excluding hydrogens is 268 g/mol. The zero-order valence-electron chi connectivity index (χ0n) is 12.5. The quantitative estimate of drug-likeness (QED) is 0.756. The maximum absolute atomic E-state index is 12.4. The Hall–Kier alpha value is -1.68. The van der Waals surface area contributed by atoms with Crippen LogP contribution in [-0.4, -0.2) is 24.5 Å². The molecule has 1 aromatic carbocycles. The fourth-order valence-corrected chi connectivity index (χ4v) is 2.75. The van der Waals surface area contributed by atoms with E-state index in [9.17, 15) is 9.59 Å². The van der Waals surface area contributed by atoms with Gasteiger partial charge < -0.3 is 9.47 Å². The van der Waals surface area contributed by atoms with Gasteiger partial charge in [0.25, 0.3) is 0 Å². The van der Waals surface area contributed by atoms with Crippen molar-refractivity contribution in [3.05, 3.63) is 35.9 Å². The first-order valence-electron chi connectivity index (χ1n) is 7.44. The highest BCUT2D eigenvalue weighted by Crippen LogP contribution is 2.33. The molecule has 0 heterocycles. The highest BCUT2D eigenvalue weighted by atomic mass is 16.5. The van der Waals surface area contributed by atoms with Crippen LogP contribution in [0.2, 0.25) is 0 Å². The smallest absolute Gasteiger partial charge is 0.305 e. The summed E-state index contributed by atoms with van der Waals surface area (Å²) in [6.45, 7) is 0.397. The summed E-state index contributed by atoms with van der Waals surface area (Å²) in [6, 6.07) is 9.79. The Bertz CT molecular complexity index is 483. The Labute approximate surface area is 125 Å². The Morgan fingerprint density at radius 2 is 2.00 bits per heavy atom. The third-order valence-electron chi connectivity index (χ3n) is 4.06. The highest BCUT2D eigenvalue weighted by Gasteiger charge is 2.41. The van der Waals surface area contributed by atoms with Crippen LogP contribution in [0.5, 0.6) is 0 Å². The van der Waals surface area contributed by atoms with Crippen LogP contribution >= 0.6 is 0 Å². The summed E-state index contributed by atoms with van der Waals surface area (Å²) in [4.78, 5) is 23.7. The summed E-state index contributed by atoms with van der Waals surface area (Å²) in [5.41, 5.74) is 0.218. The number of rotatable bonds is 6. The third kappa shape index (κ3) is 4.14. The number of esters is 1. The summed E-state index contributed by atoms with van der Waals surface area (Å²) in [5, 5.41) is 0. The number of carbonyl (C=O) groups excluding carboxylic acids is 2. The van der Waals surface area contributed by atoms with Crippen LogP contribution in [0.25, 0.3) is 0 Å². The van der Waals surface area contributed by atoms with E-state index in [0.29, 0.717) is 25.9 Å². The van der Waals surface area contributed by atoms with Crippen molar-refractivity contribution in [3.8, 4) is 0 Å². The molecule has 1 atom stereocenters. The molecule has 1 aliphatic carbocycles. The van der Waals surface area contributed by atoms with Crippen LogP contribution in [0.1, 0.15) is 44.1 Å². The molecule has 0 amide bonds. The average molecular weight is 290 g/mol. The molecular formula is C17H22O4. The van der Waals surface area contributed by atoms with E-state index >= 15 is 0 Å². The molecule has 0 bridgehead atoms. The normalized spacial score (nSPS) is 22.0. The maximum Gasteiger partial charge on any atom is 0.305 e.